The molecule has 0 aromatic heterocycles. The number of rotatable bonds is 2. The Morgan fingerprint density at radius 3 is 2.82 bits per heavy atom. The predicted octanol–water partition coefficient (Wildman–Crippen LogP) is 1.54. The van der Waals surface area contributed by atoms with Crippen molar-refractivity contribution < 1.29 is 19.0 Å². The summed E-state index contributed by atoms with van der Waals surface area (Å²) in [4.78, 5) is 11.8. The van der Waals surface area contributed by atoms with E-state index in [0.29, 0.717) is 12.5 Å². The molecule has 0 aromatic carbocycles. The molecule has 2 bridgehead atoms. The van der Waals surface area contributed by atoms with Gasteiger partial charge in [-0.05, 0) is 39.5 Å². The normalized spacial score (nSPS) is 45.9. The summed E-state index contributed by atoms with van der Waals surface area (Å²) in [6, 6.07) is 0. The third-order valence-electron chi connectivity index (χ3n) is 4.03. The van der Waals surface area contributed by atoms with Crippen LogP contribution in [0.15, 0.2) is 0 Å². The Morgan fingerprint density at radius 1 is 1.41 bits per heavy atom. The van der Waals surface area contributed by atoms with Crippen molar-refractivity contribution >= 4 is 5.97 Å². The molecule has 3 fully saturated rings. The van der Waals surface area contributed by atoms with Crippen LogP contribution in [0.3, 0.4) is 0 Å². The molecule has 0 aromatic rings. The van der Waals surface area contributed by atoms with Crippen LogP contribution in [0.2, 0.25) is 0 Å². The van der Waals surface area contributed by atoms with E-state index in [2.05, 4.69) is 6.42 Å². The molecule has 1 heterocycles. The van der Waals surface area contributed by atoms with Crippen molar-refractivity contribution in [1.29, 1.82) is 0 Å². The van der Waals surface area contributed by atoms with Crippen molar-refractivity contribution in [2.75, 3.05) is 6.61 Å². The van der Waals surface area contributed by atoms with Crippen molar-refractivity contribution in [3.63, 3.8) is 0 Å². The first-order valence-electron chi connectivity index (χ1n) is 6.39. The number of hydrogen-bond acceptors (Lipinski definition) is 4. The Morgan fingerprint density at radius 2 is 2.12 bits per heavy atom. The largest absolute Gasteiger partial charge is 0.466 e. The fourth-order valence-corrected chi connectivity index (χ4v) is 3.50. The number of carbonyl (C=O) groups is 1. The molecule has 1 aliphatic heterocycles. The second-order valence-corrected chi connectivity index (χ2v) is 5.60. The zero-order chi connectivity index (χ0) is 12.2. The minimum absolute atomic E-state index is 0.0643. The second kappa shape index (κ2) is 3.69. The van der Waals surface area contributed by atoms with E-state index >= 15 is 0 Å². The lowest BCUT2D eigenvalue weighted by atomic mass is 9.85. The Kier molecular flexibility index (Phi) is 2.49. The number of hydrogen-bond donors (Lipinski definition) is 0. The van der Waals surface area contributed by atoms with E-state index < -0.39 is 5.79 Å². The molecule has 2 saturated carbocycles. The van der Waals surface area contributed by atoms with Crippen LogP contribution in [0.4, 0.5) is 0 Å². The highest BCUT2D eigenvalue weighted by atomic mass is 16.8. The van der Waals surface area contributed by atoms with Crippen LogP contribution in [0.5, 0.6) is 0 Å². The third kappa shape index (κ3) is 1.69. The van der Waals surface area contributed by atoms with Gasteiger partial charge in [0.15, 0.2) is 5.79 Å². The van der Waals surface area contributed by atoms with Gasteiger partial charge in [-0.2, -0.15) is 0 Å². The lowest BCUT2D eigenvalue weighted by molar-refractivity contribution is -0.161. The van der Waals surface area contributed by atoms with Gasteiger partial charge in [0, 0.05) is 5.92 Å². The van der Waals surface area contributed by atoms with Gasteiger partial charge in [0.25, 0.3) is 0 Å². The highest BCUT2D eigenvalue weighted by molar-refractivity contribution is 5.75. The molecule has 3 aliphatic rings. The molecule has 1 saturated heterocycles. The fourth-order valence-electron chi connectivity index (χ4n) is 3.50. The molecule has 5 unspecified atom stereocenters. The van der Waals surface area contributed by atoms with Gasteiger partial charge in [0.2, 0.25) is 0 Å². The van der Waals surface area contributed by atoms with Crippen LogP contribution in [-0.2, 0) is 19.0 Å². The van der Waals surface area contributed by atoms with Crippen LogP contribution < -0.4 is 0 Å². The van der Waals surface area contributed by atoms with Crippen molar-refractivity contribution in [3.05, 3.63) is 6.42 Å². The maximum Gasteiger partial charge on any atom is 0.309 e. The molecule has 4 heteroatoms. The number of carbonyl (C=O) groups excluding carboxylic acids is 1. The molecule has 4 nitrogen and oxygen atoms in total. The molecule has 3 rings (SSSR count). The quantitative estimate of drug-likeness (QED) is 0.686. The Balaban J connectivity index is 1.74. The Bertz CT molecular complexity index is 338. The first-order valence-corrected chi connectivity index (χ1v) is 6.39. The summed E-state index contributed by atoms with van der Waals surface area (Å²) < 4.78 is 16.9. The molecule has 0 amide bonds. The predicted molar refractivity (Wildman–Crippen MR) is 59.8 cm³/mol. The van der Waals surface area contributed by atoms with E-state index in [1.165, 1.54) is 0 Å². The van der Waals surface area contributed by atoms with Crippen LogP contribution in [0.25, 0.3) is 0 Å². The summed E-state index contributed by atoms with van der Waals surface area (Å²) in [7, 11) is 0. The first-order chi connectivity index (χ1) is 8.02. The molecule has 0 spiro atoms. The van der Waals surface area contributed by atoms with Crippen molar-refractivity contribution in [1.82, 2.24) is 0 Å². The van der Waals surface area contributed by atoms with E-state index in [1.54, 1.807) is 0 Å². The van der Waals surface area contributed by atoms with Crippen LogP contribution in [0, 0.1) is 24.2 Å². The van der Waals surface area contributed by atoms with Crippen molar-refractivity contribution in [3.8, 4) is 0 Å². The van der Waals surface area contributed by atoms with Gasteiger partial charge in [0.1, 0.15) is 0 Å². The zero-order valence-electron chi connectivity index (χ0n) is 10.5. The highest BCUT2D eigenvalue weighted by Crippen LogP contribution is 2.55. The zero-order valence-corrected chi connectivity index (χ0v) is 10.5. The summed E-state index contributed by atoms with van der Waals surface area (Å²) >= 11 is 0. The van der Waals surface area contributed by atoms with E-state index in [0.717, 1.165) is 6.42 Å². The van der Waals surface area contributed by atoms with Gasteiger partial charge >= 0.3 is 5.97 Å². The Hall–Kier alpha value is -0.610. The van der Waals surface area contributed by atoms with Crippen molar-refractivity contribution in [2.24, 2.45) is 17.8 Å². The lowest BCUT2D eigenvalue weighted by Gasteiger charge is -2.27. The molecule has 0 N–H and O–H groups in total. The van der Waals surface area contributed by atoms with E-state index in [9.17, 15) is 4.79 Å². The smallest absolute Gasteiger partial charge is 0.309 e. The third-order valence-corrected chi connectivity index (χ3v) is 4.03. The molecule has 17 heavy (non-hydrogen) atoms. The lowest BCUT2D eigenvalue weighted by Crippen LogP contribution is -2.38. The van der Waals surface area contributed by atoms with Crippen LogP contribution in [0.1, 0.15) is 27.2 Å². The van der Waals surface area contributed by atoms with Gasteiger partial charge in [0.05, 0.1) is 24.7 Å². The average molecular weight is 239 g/mol. The highest BCUT2D eigenvalue weighted by Gasteiger charge is 2.61. The van der Waals surface area contributed by atoms with Crippen LogP contribution in [-0.4, -0.2) is 30.6 Å². The first kappa shape index (κ1) is 11.5. The molecular weight excluding hydrogens is 220 g/mol. The maximum absolute atomic E-state index is 11.8. The summed E-state index contributed by atoms with van der Waals surface area (Å²) in [6.45, 7) is 6.15. The maximum atomic E-state index is 11.8. The second-order valence-electron chi connectivity index (χ2n) is 5.60. The minimum Gasteiger partial charge on any atom is -0.466 e. The molecule has 1 radical (unpaired) electrons. The standard InChI is InChI=1S/C13H19O4/c1-4-15-12(14)9-6-7-5-8(9)11-10(7)16-13(2,3)17-11/h6-11H,4-5H2,1-3H3. The summed E-state index contributed by atoms with van der Waals surface area (Å²) in [5.41, 5.74) is 0. The number of ether oxygens (including phenoxy) is 3. The SMILES string of the molecule is CCOC(=O)C1[CH]C2CC1C1OC(C)(C)OC21. The topological polar surface area (TPSA) is 44.8 Å². The fraction of sp³-hybridized carbons (Fsp3) is 0.846. The molecule has 95 valence electrons. The van der Waals surface area contributed by atoms with Gasteiger partial charge in [-0.1, -0.05) is 0 Å². The average Bonchev–Trinajstić information content (AvgIpc) is 2.85. The summed E-state index contributed by atoms with van der Waals surface area (Å²) in [6.07, 6.45) is 3.30. The van der Waals surface area contributed by atoms with Crippen molar-refractivity contribution in [2.45, 2.75) is 45.2 Å². The van der Waals surface area contributed by atoms with Crippen LogP contribution >= 0.6 is 0 Å². The van der Waals surface area contributed by atoms with Gasteiger partial charge in [-0.15, -0.1) is 0 Å². The van der Waals surface area contributed by atoms with E-state index in [4.69, 9.17) is 14.2 Å². The molecule has 2 aliphatic carbocycles. The summed E-state index contributed by atoms with van der Waals surface area (Å²) in [5.74, 6) is -0.124. The van der Waals surface area contributed by atoms with Gasteiger partial charge in [-0.3, -0.25) is 4.79 Å². The molecule has 5 atom stereocenters. The van der Waals surface area contributed by atoms with E-state index in [1.807, 2.05) is 20.8 Å². The van der Waals surface area contributed by atoms with E-state index in [-0.39, 0.29) is 30.0 Å². The minimum atomic E-state index is -0.510. The number of esters is 1. The Labute approximate surface area is 102 Å². The van der Waals surface area contributed by atoms with Gasteiger partial charge in [-0.25, -0.2) is 0 Å². The van der Waals surface area contributed by atoms with Gasteiger partial charge < -0.3 is 14.2 Å². The molecular formula is C13H19O4. The number of fused-ring (bicyclic) bond motifs is 5. The summed E-state index contributed by atoms with van der Waals surface area (Å²) in [5, 5.41) is 0. The monoisotopic (exact) mass is 239 g/mol.